The van der Waals surface area contributed by atoms with Crippen LogP contribution in [0.2, 0.25) is 0 Å². The average molecular weight is 167 g/mol. The van der Waals surface area contributed by atoms with Crippen molar-refractivity contribution in [2.75, 3.05) is 6.61 Å². The van der Waals surface area contributed by atoms with Crippen LogP contribution in [0.15, 0.2) is 23.8 Å². The third kappa shape index (κ3) is 7.55. The Morgan fingerprint density at radius 3 is 2.67 bits per heavy atom. The second-order valence-electron chi connectivity index (χ2n) is 3.03. The van der Waals surface area contributed by atoms with Gasteiger partial charge in [0.1, 0.15) is 6.61 Å². The quantitative estimate of drug-likeness (QED) is 0.426. The molecule has 0 aliphatic heterocycles. The number of hydrogen-bond donors (Lipinski definition) is 0. The highest BCUT2D eigenvalue weighted by atomic mass is 16.2. The molecule has 0 aromatic rings. The monoisotopic (exact) mass is 167 g/mol. The summed E-state index contributed by atoms with van der Waals surface area (Å²) in [6, 6.07) is 0. The highest BCUT2D eigenvalue weighted by Gasteiger charge is 1.84. The first-order valence-electron chi connectivity index (χ1n) is 4.70. The average Bonchev–Trinajstić information content (AvgIpc) is 2.05. The summed E-state index contributed by atoms with van der Waals surface area (Å²) >= 11 is 0. The van der Waals surface area contributed by atoms with Gasteiger partial charge in [-0.2, -0.15) is 0 Å². The van der Waals surface area contributed by atoms with E-state index in [0.29, 0.717) is 0 Å². The van der Waals surface area contributed by atoms with Crippen LogP contribution in [0.25, 0.3) is 0 Å². The van der Waals surface area contributed by atoms with Crippen molar-refractivity contribution in [3.8, 4) is 0 Å². The Morgan fingerprint density at radius 1 is 1.33 bits per heavy atom. The van der Waals surface area contributed by atoms with Gasteiger partial charge in [-0.25, -0.2) is 5.11 Å². The lowest BCUT2D eigenvalue weighted by atomic mass is 10.1. The molecule has 1 heteroatoms. The van der Waals surface area contributed by atoms with Crippen molar-refractivity contribution in [3.05, 3.63) is 23.8 Å². The van der Waals surface area contributed by atoms with Crippen molar-refractivity contribution in [2.45, 2.75) is 39.5 Å². The Kier molecular flexibility index (Phi) is 8.14. The maximum absolute atomic E-state index is 10.2. The molecule has 0 saturated heterocycles. The van der Waals surface area contributed by atoms with E-state index in [4.69, 9.17) is 0 Å². The Hall–Kier alpha value is -0.560. The molecule has 0 spiro atoms. The molecule has 0 aliphatic rings. The maximum Gasteiger partial charge on any atom is 0.101 e. The van der Waals surface area contributed by atoms with E-state index in [1.54, 1.807) is 6.08 Å². The van der Waals surface area contributed by atoms with Crippen LogP contribution in [0, 0.1) is 0 Å². The second kappa shape index (κ2) is 8.54. The van der Waals surface area contributed by atoms with Crippen molar-refractivity contribution in [2.24, 2.45) is 0 Å². The summed E-state index contributed by atoms with van der Waals surface area (Å²) in [5.41, 5.74) is 1.18. The van der Waals surface area contributed by atoms with Crippen molar-refractivity contribution < 1.29 is 5.11 Å². The zero-order valence-electron chi connectivity index (χ0n) is 8.18. The summed E-state index contributed by atoms with van der Waals surface area (Å²) in [6.07, 6.45) is 10.7. The van der Waals surface area contributed by atoms with E-state index < -0.39 is 0 Å². The molecule has 0 fully saturated rings. The van der Waals surface area contributed by atoms with E-state index in [1.807, 2.05) is 6.92 Å². The van der Waals surface area contributed by atoms with Gasteiger partial charge >= 0.3 is 0 Å². The lowest BCUT2D eigenvalue weighted by Gasteiger charge is -1.93. The first-order valence-corrected chi connectivity index (χ1v) is 4.70. The molecule has 0 amide bonds. The van der Waals surface area contributed by atoms with E-state index in [-0.39, 0.29) is 6.61 Å². The minimum absolute atomic E-state index is 0.0887. The van der Waals surface area contributed by atoms with Gasteiger partial charge in [-0.15, -0.1) is 0 Å². The molecule has 0 aliphatic carbocycles. The molecular formula is C11H19O. The fourth-order valence-corrected chi connectivity index (χ4v) is 0.935. The molecule has 0 N–H and O–H groups in total. The van der Waals surface area contributed by atoms with Gasteiger partial charge in [0.25, 0.3) is 0 Å². The summed E-state index contributed by atoms with van der Waals surface area (Å²) in [5.74, 6) is 0. The molecule has 1 nitrogen and oxygen atoms in total. The van der Waals surface area contributed by atoms with Gasteiger partial charge in [-0.05, 0) is 19.8 Å². The SMILES string of the molecule is CCCC/C=C/C/C(C)=C/C[O]. The van der Waals surface area contributed by atoms with E-state index in [1.165, 1.54) is 24.8 Å². The van der Waals surface area contributed by atoms with Crippen LogP contribution in [0.3, 0.4) is 0 Å². The van der Waals surface area contributed by atoms with E-state index in [0.717, 1.165) is 6.42 Å². The minimum atomic E-state index is -0.0887. The second-order valence-corrected chi connectivity index (χ2v) is 3.03. The fourth-order valence-electron chi connectivity index (χ4n) is 0.935. The number of rotatable bonds is 6. The first-order chi connectivity index (χ1) is 5.81. The normalized spacial score (nSPS) is 12.8. The van der Waals surface area contributed by atoms with Crippen LogP contribution in [0.5, 0.6) is 0 Å². The predicted molar refractivity (Wildman–Crippen MR) is 52.6 cm³/mol. The summed E-state index contributed by atoms with van der Waals surface area (Å²) in [5, 5.41) is 10.2. The van der Waals surface area contributed by atoms with Crippen molar-refractivity contribution in [1.82, 2.24) is 0 Å². The highest BCUT2D eigenvalue weighted by Crippen LogP contribution is 2.02. The Morgan fingerprint density at radius 2 is 2.08 bits per heavy atom. The van der Waals surface area contributed by atoms with Gasteiger partial charge < -0.3 is 0 Å². The summed E-state index contributed by atoms with van der Waals surface area (Å²) in [6.45, 7) is 4.10. The fraction of sp³-hybridized carbons (Fsp3) is 0.636. The van der Waals surface area contributed by atoms with Crippen LogP contribution in [-0.4, -0.2) is 6.61 Å². The number of unbranched alkanes of at least 4 members (excludes halogenated alkanes) is 2. The van der Waals surface area contributed by atoms with Crippen molar-refractivity contribution in [3.63, 3.8) is 0 Å². The van der Waals surface area contributed by atoms with Gasteiger partial charge in [-0.1, -0.05) is 43.6 Å². The van der Waals surface area contributed by atoms with Crippen LogP contribution in [-0.2, 0) is 5.11 Å². The Labute approximate surface area is 75.8 Å². The van der Waals surface area contributed by atoms with Crippen LogP contribution < -0.4 is 0 Å². The standard InChI is InChI=1S/C11H19O/c1-3-4-5-6-7-8-11(2)9-10-12/h6-7,9H,3-5,8,10H2,1-2H3/b7-6+,11-9+. The summed E-state index contributed by atoms with van der Waals surface area (Å²) < 4.78 is 0. The molecule has 0 atom stereocenters. The van der Waals surface area contributed by atoms with E-state index in [9.17, 15) is 5.11 Å². The van der Waals surface area contributed by atoms with Crippen LogP contribution in [0.1, 0.15) is 39.5 Å². The molecular weight excluding hydrogens is 148 g/mol. The molecule has 0 saturated carbocycles. The largest absolute Gasteiger partial charge is 0.232 e. The molecule has 0 rings (SSSR count). The van der Waals surface area contributed by atoms with Crippen LogP contribution >= 0.6 is 0 Å². The number of hydrogen-bond acceptors (Lipinski definition) is 0. The van der Waals surface area contributed by atoms with E-state index in [2.05, 4.69) is 19.1 Å². The zero-order chi connectivity index (χ0) is 9.23. The molecule has 69 valence electrons. The molecule has 0 heterocycles. The smallest absolute Gasteiger partial charge is 0.101 e. The zero-order valence-corrected chi connectivity index (χ0v) is 8.18. The van der Waals surface area contributed by atoms with Crippen molar-refractivity contribution >= 4 is 0 Å². The van der Waals surface area contributed by atoms with Gasteiger partial charge in [0.15, 0.2) is 0 Å². The molecule has 0 aromatic heterocycles. The maximum atomic E-state index is 10.2. The highest BCUT2D eigenvalue weighted by molar-refractivity contribution is 5.04. The number of allylic oxidation sites excluding steroid dienone is 3. The summed E-state index contributed by atoms with van der Waals surface area (Å²) in [7, 11) is 0. The molecule has 0 aromatic carbocycles. The Balaban J connectivity index is 3.40. The predicted octanol–water partition coefficient (Wildman–Crippen LogP) is 3.50. The lowest BCUT2D eigenvalue weighted by Crippen LogP contribution is -1.77. The van der Waals surface area contributed by atoms with E-state index >= 15 is 0 Å². The Bertz CT molecular complexity index is 145. The third-order valence-corrected chi connectivity index (χ3v) is 1.76. The topological polar surface area (TPSA) is 19.9 Å². The first kappa shape index (κ1) is 11.4. The van der Waals surface area contributed by atoms with Gasteiger partial charge in [-0.3, -0.25) is 0 Å². The molecule has 1 radical (unpaired) electrons. The van der Waals surface area contributed by atoms with Gasteiger partial charge in [0.05, 0.1) is 0 Å². The van der Waals surface area contributed by atoms with Crippen molar-refractivity contribution in [1.29, 1.82) is 0 Å². The lowest BCUT2D eigenvalue weighted by molar-refractivity contribution is 0.231. The third-order valence-electron chi connectivity index (χ3n) is 1.76. The van der Waals surface area contributed by atoms with Gasteiger partial charge in [0.2, 0.25) is 0 Å². The molecule has 0 unspecified atom stereocenters. The molecule has 0 bridgehead atoms. The summed E-state index contributed by atoms with van der Waals surface area (Å²) in [4.78, 5) is 0. The van der Waals surface area contributed by atoms with Gasteiger partial charge in [0, 0.05) is 0 Å². The minimum Gasteiger partial charge on any atom is -0.232 e. The van der Waals surface area contributed by atoms with Crippen LogP contribution in [0.4, 0.5) is 0 Å². The molecule has 12 heavy (non-hydrogen) atoms.